The number of para-hydroxylation sites is 2. The Morgan fingerprint density at radius 2 is 2.11 bits per heavy atom. The fourth-order valence-corrected chi connectivity index (χ4v) is 3.80. The number of nitrogens with one attached hydrogen (secondary N) is 2. The second-order valence-corrected chi connectivity index (χ2v) is 7.26. The van der Waals surface area contributed by atoms with Gasteiger partial charge in [0.25, 0.3) is 0 Å². The SMILES string of the molecule is C=C1Nc2ncnn2[C@@H](c2cccc(Br)c2)[C@@H]1C(=O)Nc1ccccc1OC. The largest absolute Gasteiger partial charge is 0.495 e. The minimum atomic E-state index is -0.603. The number of hydrogen-bond donors (Lipinski definition) is 2. The number of anilines is 2. The van der Waals surface area contributed by atoms with Crippen LogP contribution in [0, 0.1) is 5.92 Å². The lowest BCUT2D eigenvalue weighted by Gasteiger charge is -2.34. The maximum absolute atomic E-state index is 13.3. The van der Waals surface area contributed by atoms with E-state index in [9.17, 15) is 4.79 Å². The summed E-state index contributed by atoms with van der Waals surface area (Å²) in [7, 11) is 1.57. The van der Waals surface area contributed by atoms with Gasteiger partial charge < -0.3 is 15.4 Å². The van der Waals surface area contributed by atoms with Crippen LogP contribution in [0.15, 0.2) is 71.6 Å². The molecule has 0 bridgehead atoms. The average molecular weight is 440 g/mol. The quantitative estimate of drug-likeness (QED) is 0.645. The number of rotatable bonds is 4. The predicted molar refractivity (Wildman–Crippen MR) is 110 cm³/mol. The van der Waals surface area contributed by atoms with Gasteiger partial charge in [0.15, 0.2) is 0 Å². The minimum absolute atomic E-state index is 0.215. The number of amides is 1. The number of halogens is 1. The molecule has 28 heavy (non-hydrogen) atoms. The van der Waals surface area contributed by atoms with E-state index in [1.165, 1.54) is 6.33 Å². The molecule has 0 unspecified atom stereocenters. The first-order valence-electron chi connectivity index (χ1n) is 8.63. The van der Waals surface area contributed by atoms with Gasteiger partial charge in [-0.1, -0.05) is 46.8 Å². The number of aromatic nitrogens is 3. The van der Waals surface area contributed by atoms with Crippen LogP contribution in [0.4, 0.5) is 11.6 Å². The number of carbonyl (C=O) groups is 1. The van der Waals surface area contributed by atoms with Crippen LogP contribution in [-0.2, 0) is 4.79 Å². The van der Waals surface area contributed by atoms with Crippen LogP contribution < -0.4 is 15.4 Å². The maximum atomic E-state index is 13.3. The van der Waals surface area contributed by atoms with E-state index in [1.54, 1.807) is 23.9 Å². The van der Waals surface area contributed by atoms with Crippen molar-refractivity contribution >= 4 is 33.5 Å². The smallest absolute Gasteiger partial charge is 0.236 e. The number of fused-ring (bicyclic) bond motifs is 1. The van der Waals surface area contributed by atoms with Gasteiger partial charge in [-0.05, 0) is 29.8 Å². The fourth-order valence-electron chi connectivity index (χ4n) is 3.38. The van der Waals surface area contributed by atoms with E-state index in [1.807, 2.05) is 36.4 Å². The van der Waals surface area contributed by atoms with Gasteiger partial charge in [-0.25, -0.2) is 4.68 Å². The molecule has 7 nitrogen and oxygen atoms in total. The highest BCUT2D eigenvalue weighted by Gasteiger charge is 2.39. The van der Waals surface area contributed by atoms with E-state index >= 15 is 0 Å². The van der Waals surface area contributed by atoms with Crippen LogP contribution in [0.2, 0.25) is 0 Å². The van der Waals surface area contributed by atoms with Gasteiger partial charge in [-0.15, -0.1) is 0 Å². The minimum Gasteiger partial charge on any atom is -0.495 e. The summed E-state index contributed by atoms with van der Waals surface area (Å²) in [6.45, 7) is 4.08. The van der Waals surface area contributed by atoms with Crippen molar-refractivity contribution in [3.8, 4) is 5.75 Å². The maximum Gasteiger partial charge on any atom is 0.236 e. The van der Waals surface area contributed by atoms with Gasteiger partial charge in [-0.2, -0.15) is 10.1 Å². The van der Waals surface area contributed by atoms with Gasteiger partial charge in [0.05, 0.1) is 18.8 Å². The number of benzene rings is 2. The summed E-state index contributed by atoms with van der Waals surface area (Å²) in [4.78, 5) is 17.5. The Hall–Kier alpha value is -3.13. The zero-order valence-electron chi connectivity index (χ0n) is 15.1. The molecule has 2 aromatic carbocycles. The van der Waals surface area contributed by atoms with Crippen molar-refractivity contribution < 1.29 is 9.53 Å². The molecule has 2 atom stereocenters. The molecule has 142 valence electrons. The molecular weight excluding hydrogens is 422 g/mol. The number of hydrogen-bond acceptors (Lipinski definition) is 5. The molecule has 0 aliphatic carbocycles. The van der Waals surface area contributed by atoms with Crippen LogP contribution in [0.25, 0.3) is 0 Å². The molecule has 1 aromatic heterocycles. The molecule has 0 radical (unpaired) electrons. The second-order valence-electron chi connectivity index (χ2n) is 6.35. The molecule has 1 aliphatic heterocycles. The van der Waals surface area contributed by atoms with Crippen LogP contribution >= 0.6 is 15.9 Å². The molecular formula is C20H18BrN5O2. The summed E-state index contributed by atoms with van der Waals surface area (Å²) in [6, 6.07) is 14.7. The molecule has 2 N–H and O–H groups in total. The zero-order valence-corrected chi connectivity index (χ0v) is 16.7. The third kappa shape index (κ3) is 3.27. The fraction of sp³-hybridized carbons (Fsp3) is 0.150. The Balaban J connectivity index is 1.75. The monoisotopic (exact) mass is 439 g/mol. The molecule has 3 aromatic rings. The number of methoxy groups -OCH3 is 1. The summed E-state index contributed by atoms with van der Waals surface area (Å²) in [5.41, 5.74) is 2.07. The van der Waals surface area contributed by atoms with Crippen LogP contribution in [0.3, 0.4) is 0 Å². The highest BCUT2D eigenvalue weighted by Crippen LogP contribution is 2.38. The van der Waals surface area contributed by atoms with E-state index < -0.39 is 12.0 Å². The van der Waals surface area contributed by atoms with Gasteiger partial charge in [0.1, 0.15) is 18.0 Å². The predicted octanol–water partition coefficient (Wildman–Crippen LogP) is 3.83. The molecule has 1 amide bonds. The highest BCUT2D eigenvalue weighted by atomic mass is 79.9. The third-order valence-corrected chi connectivity index (χ3v) is 5.13. The van der Waals surface area contributed by atoms with Crippen molar-refractivity contribution in [3.63, 3.8) is 0 Å². The van der Waals surface area contributed by atoms with E-state index in [0.717, 1.165) is 10.0 Å². The van der Waals surface area contributed by atoms with Crippen molar-refractivity contribution in [1.29, 1.82) is 0 Å². The van der Waals surface area contributed by atoms with E-state index in [-0.39, 0.29) is 5.91 Å². The van der Waals surface area contributed by atoms with Crippen molar-refractivity contribution in [1.82, 2.24) is 14.8 Å². The molecule has 0 fully saturated rings. The Morgan fingerprint density at radius 3 is 2.89 bits per heavy atom. The third-order valence-electron chi connectivity index (χ3n) is 4.64. The molecule has 8 heteroatoms. The Labute approximate surface area is 170 Å². The zero-order chi connectivity index (χ0) is 19.7. The first kappa shape index (κ1) is 18.2. The van der Waals surface area contributed by atoms with Crippen LogP contribution in [-0.4, -0.2) is 27.8 Å². The lowest BCUT2D eigenvalue weighted by atomic mass is 9.88. The standard InChI is InChI=1S/C20H18BrN5O2/c1-12-17(19(27)25-15-8-3-4-9-16(15)28-2)18(13-6-5-7-14(21)10-13)26-20(24-12)22-11-23-26/h3-11,17-18H,1H2,2H3,(H,25,27)(H,22,23,24)/t17-,18+/m1/s1. The second kappa shape index (κ2) is 7.47. The highest BCUT2D eigenvalue weighted by molar-refractivity contribution is 9.10. The summed E-state index contributed by atoms with van der Waals surface area (Å²) < 4.78 is 7.97. The summed E-state index contributed by atoms with van der Waals surface area (Å²) in [5.74, 6) is 0.323. The van der Waals surface area contributed by atoms with Crippen LogP contribution in [0.1, 0.15) is 11.6 Å². The van der Waals surface area contributed by atoms with E-state index in [4.69, 9.17) is 4.74 Å². The van der Waals surface area contributed by atoms with Crippen molar-refractivity contribution in [2.24, 2.45) is 5.92 Å². The number of nitrogens with zero attached hydrogens (tertiary/aromatic N) is 3. The molecule has 0 saturated heterocycles. The molecule has 2 heterocycles. The van der Waals surface area contributed by atoms with Gasteiger partial charge >= 0.3 is 0 Å². The van der Waals surface area contributed by atoms with Crippen molar-refractivity contribution in [2.45, 2.75) is 6.04 Å². The average Bonchev–Trinajstić information content (AvgIpc) is 3.15. The first-order valence-corrected chi connectivity index (χ1v) is 9.42. The topological polar surface area (TPSA) is 81.1 Å². The van der Waals surface area contributed by atoms with Gasteiger partial charge in [0.2, 0.25) is 11.9 Å². The normalized spacial score (nSPS) is 18.1. The molecule has 1 aliphatic rings. The molecule has 4 rings (SSSR count). The molecule has 0 spiro atoms. The van der Waals surface area contributed by atoms with E-state index in [2.05, 4.69) is 43.2 Å². The Morgan fingerprint density at radius 1 is 1.29 bits per heavy atom. The Bertz CT molecular complexity index is 1050. The lowest BCUT2D eigenvalue weighted by Crippen LogP contribution is -2.39. The lowest BCUT2D eigenvalue weighted by molar-refractivity contribution is -0.119. The summed E-state index contributed by atoms with van der Waals surface area (Å²) in [5, 5.41) is 10.4. The van der Waals surface area contributed by atoms with Crippen molar-refractivity contribution in [2.75, 3.05) is 17.7 Å². The first-order chi connectivity index (χ1) is 13.6. The van der Waals surface area contributed by atoms with Crippen LogP contribution in [0.5, 0.6) is 5.75 Å². The van der Waals surface area contributed by atoms with Gasteiger partial charge in [0, 0.05) is 10.2 Å². The van der Waals surface area contributed by atoms with Gasteiger partial charge in [-0.3, -0.25) is 4.79 Å². The summed E-state index contributed by atoms with van der Waals surface area (Å²) in [6.07, 6.45) is 1.46. The van der Waals surface area contributed by atoms with Crippen molar-refractivity contribution in [3.05, 3.63) is 77.2 Å². The molecule has 0 saturated carbocycles. The Kier molecular flexibility index (Phi) is 4.87. The summed E-state index contributed by atoms with van der Waals surface area (Å²) >= 11 is 3.50. The number of ether oxygens (including phenoxy) is 1. The van der Waals surface area contributed by atoms with E-state index in [0.29, 0.717) is 23.1 Å². The number of carbonyl (C=O) groups excluding carboxylic acids is 1.